The van der Waals surface area contributed by atoms with Crippen LogP contribution in [0.25, 0.3) is 0 Å². The number of hydrogen-bond donors (Lipinski definition) is 1. The van der Waals surface area contributed by atoms with Gasteiger partial charge in [0.15, 0.2) is 0 Å². The van der Waals surface area contributed by atoms with E-state index in [1.165, 1.54) is 11.3 Å². The van der Waals surface area contributed by atoms with Gasteiger partial charge in [-0.2, -0.15) is 0 Å². The lowest BCUT2D eigenvalue weighted by molar-refractivity contribution is -0.134. The van der Waals surface area contributed by atoms with E-state index in [2.05, 4.69) is 10.3 Å². The van der Waals surface area contributed by atoms with Gasteiger partial charge in [-0.3, -0.25) is 14.9 Å². The molecule has 0 radical (unpaired) electrons. The van der Waals surface area contributed by atoms with Crippen molar-refractivity contribution in [3.8, 4) is 0 Å². The van der Waals surface area contributed by atoms with Crippen LogP contribution in [0.3, 0.4) is 0 Å². The fourth-order valence-corrected chi connectivity index (χ4v) is 3.18. The number of carbonyl (C=O) groups excluding carboxylic acids is 3. The Balaban J connectivity index is 2.35. The van der Waals surface area contributed by atoms with Crippen molar-refractivity contribution >= 4 is 34.3 Å². The minimum Gasteiger partial charge on any atom is -0.277 e. The van der Waals surface area contributed by atoms with E-state index in [4.69, 9.17) is 0 Å². The lowest BCUT2D eigenvalue weighted by Gasteiger charge is -2.28. The molecular weight excluding hydrogens is 278 g/mol. The fraction of sp³-hybridized carbons (Fsp3) is 0.538. The fourth-order valence-electron chi connectivity index (χ4n) is 2.18. The second-order valence-electron chi connectivity index (χ2n) is 4.66. The number of urea groups is 1. The average molecular weight is 295 g/mol. The molecule has 1 atom stereocenters. The van der Waals surface area contributed by atoms with Crippen LogP contribution in [0.1, 0.15) is 37.3 Å². The van der Waals surface area contributed by atoms with Gasteiger partial charge in [0.1, 0.15) is 5.92 Å². The van der Waals surface area contributed by atoms with Gasteiger partial charge in [-0.25, -0.2) is 14.7 Å². The summed E-state index contributed by atoms with van der Waals surface area (Å²) in [5, 5.41) is 2.58. The summed E-state index contributed by atoms with van der Waals surface area (Å²) in [6.45, 7) is 5.76. The second-order valence-corrected chi connectivity index (χ2v) is 5.84. The number of amides is 4. The van der Waals surface area contributed by atoms with Crippen LogP contribution in [0.2, 0.25) is 0 Å². The highest BCUT2D eigenvalue weighted by Gasteiger charge is 2.41. The molecule has 0 bridgehead atoms. The van der Waals surface area contributed by atoms with Gasteiger partial charge in [-0.05, 0) is 19.8 Å². The predicted molar refractivity (Wildman–Crippen MR) is 75.7 cm³/mol. The summed E-state index contributed by atoms with van der Waals surface area (Å²) < 4.78 is 0. The minimum absolute atomic E-state index is 0.343. The van der Waals surface area contributed by atoms with Crippen LogP contribution >= 0.6 is 11.3 Å². The molecule has 108 valence electrons. The van der Waals surface area contributed by atoms with Gasteiger partial charge in [0, 0.05) is 4.88 Å². The number of imide groups is 2. The molecule has 0 saturated carbocycles. The molecule has 0 aliphatic carbocycles. The van der Waals surface area contributed by atoms with E-state index in [0.717, 1.165) is 21.9 Å². The summed E-state index contributed by atoms with van der Waals surface area (Å²) in [5.41, 5.74) is 0.870. The average Bonchev–Trinajstić information content (AvgIpc) is 2.75. The largest absolute Gasteiger partial charge is 0.337 e. The van der Waals surface area contributed by atoms with E-state index in [1.807, 2.05) is 20.8 Å². The Kier molecular flexibility index (Phi) is 4.17. The van der Waals surface area contributed by atoms with Crippen molar-refractivity contribution in [2.45, 2.75) is 40.0 Å². The number of aromatic nitrogens is 1. The van der Waals surface area contributed by atoms with Gasteiger partial charge in [0.2, 0.25) is 16.9 Å². The van der Waals surface area contributed by atoms with Crippen molar-refractivity contribution in [2.75, 3.05) is 4.90 Å². The van der Waals surface area contributed by atoms with Crippen molar-refractivity contribution in [3.63, 3.8) is 0 Å². The van der Waals surface area contributed by atoms with Gasteiger partial charge in [0.05, 0.1) is 5.69 Å². The minimum atomic E-state index is -0.799. The number of nitrogens with one attached hydrogen (secondary N) is 1. The maximum absolute atomic E-state index is 12.4. The van der Waals surface area contributed by atoms with Gasteiger partial charge in [-0.1, -0.05) is 20.3 Å². The zero-order valence-electron chi connectivity index (χ0n) is 11.7. The molecule has 2 heterocycles. The van der Waals surface area contributed by atoms with Crippen LogP contribution < -0.4 is 10.2 Å². The third-order valence-electron chi connectivity index (χ3n) is 3.25. The number of nitrogens with zero attached hydrogens (tertiary/aromatic N) is 2. The standard InChI is InChI=1S/C13H17N3O3S/c1-4-6-8-10(17)15-12(19)16(11(8)18)13-14-9(5-2)7(3)20-13/h8H,4-6H2,1-3H3,(H,15,17,19). The van der Waals surface area contributed by atoms with Crippen LogP contribution in [-0.2, 0) is 16.0 Å². The summed E-state index contributed by atoms with van der Waals surface area (Å²) in [6.07, 6.45) is 1.87. The number of anilines is 1. The molecule has 0 aromatic carbocycles. The molecule has 4 amide bonds. The van der Waals surface area contributed by atoms with Crippen LogP contribution in [-0.4, -0.2) is 22.8 Å². The summed E-state index contributed by atoms with van der Waals surface area (Å²) in [6, 6.07) is -0.705. The molecule has 1 aromatic heterocycles. The first-order valence-corrected chi connectivity index (χ1v) is 7.46. The highest BCUT2D eigenvalue weighted by atomic mass is 32.1. The highest BCUT2D eigenvalue weighted by molar-refractivity contribution is 7.16. The summed E-state index contributed by atoms with van der Waals surface area (Å²) >= 11 is 1.30. The number of thiazole rings is 1. The zero-order chi connectivity index (χ0) is 14.9. The number of barbiturate groups is 1. The molecule has 20 heavy (non-hydrogen) atoms. The Morgan fingerprint density at radius 2 is 2.00 bits per heavy atom. The normalized spacial score (nSPS) is 19.4. The first-order valence-electron chi connectivity index (χ1n) is 6.64. The molecular formula is C13H17N3O3S. The van der Waals surface area contributed by atoms with Gasteiger partial charge in [0.25, 0.3) is 0 Å². The van der Waals surface area contributed by atoms with E-state index in [9.17, 15) is 14.4 Å². The summed E-state index contributed by atoms with van der Waals surface area (Å²) in [4.78, 5) is 42.3. The molecule has 2 rings (SSSR count). The third-order valence-corrected chi connectivity index (χ3v) is 4.25. The molecule has 1 aromatic rings. The molecule has 0 spiro atoms. The van der Waals surface area contributed by atoms with Crippen molar-refractivity contribution in [2.24, 2.45) is 5.92 Å². The van der Waals surface area contributed by atoms with E-state index >= 15 is 0 Å². The number of hydrogen-bond acceptors (Lipinski definition) is 5. The Hall–Kier alpha value is -1.76. The molecule has 1 aliphatic rings. The Morgan fingerprint density at radius 3 is 2.55 bits per heavy atom. The lowest BCUT2D eigenvalue weighted by atomic mass is 10.00. The molecule has 1 fully saturated rings. The molecule has 1 saturated heterocycles. The molecule has 6 nitrogen and oxygen atoms in total. The molecule has 7 heteroatoms. The topological polar surface area (TPSA) is 79.4 Å². The molecule has 1 aliphatic heterocycles. The smallest absolute Gasteiger partial charge is 0.277 e. The monoisotopic (exact) mass is 295 g/mol. The maximum atomic E-state index is 12.4. The Labute approximate surface area is 121 Å². The SMILES string of the molecule is CCCC1C(=O)NC(=O)N(c2nc(CC)c(C)s2)C1=O. The van der Waals surface area contributed by atoms with Crippen molar-refractivity contribution in [1.29, 1.82) is 0 Å². The predicted octanol–water partition coefficient (Wildman–Crippen LogP) is 2.01. The zero-order valence-corrected chi connectivity index (χ0v) is 12.5. The van der Waals surface area contributed by atoms with Crippen molar-refractivity contribution in [1.82, 2.24) is 10.3 Å². The highest BCUT2D eigenvalue weighted by Crippen LogP contribution is 2.29. The first kappa shape index (κ1) is 14.6. The van der Waals surface area contributed by atoms with Gasteiger partial charge in [-0.15, -0.1) is 11.3 Å². The maximum Gasteiger partial charge on any atom is 0.337 e. The Morgan fingerprint density at radius 1 is 1.30 bits per heavy atom. The van der Waals surface area contributed by atoms with Crippen molar-refractivity contribution in [3.05, 3.63) is 10.6 Å². The number of carbonyl (C=O) groups is 3. The number of aryl methyl sites for hydroxylation is 2. The second kappa shape index (κ2) is 5.70. The van der Waals surface area contributed by atoms with Crippen LogP contribution in [0, 0.1) is 12.8 Å². The van der Waals surface area contributed by atoms with Gasteiger partial charge < -0.3 is 0 Å². The third kappa shape index (κ3) is 2.45. The molecule has 1 N–H and O–H groups in total. The van der Waals surface area contributed by atoms with Gasteiger partial charge >= 0.3 is 6.03 Å². The Bertz CT molecular complexity index is 567. The lowest BCUT2D eigenvalue weighted by Crippen LogP contribution is -2.58. The van der Waals surface area contributed by atoms with Crippen LogP contribution in [0.15, 0.2) is 0 Å². The quantitative estimate of drug-likeness (QED) is 0.862. The number of rotatable bonds is 4. The van der Waals surface area contributed by atoms with E-state index in [-0.39, 0.29) is 0 Å². The molecule has 1 unspecified atom stereocenters. The van der Waals surface area contributed by atoms with Crippen LogP contribution in [0.4, 0.5) is 9.93 Å². The first-order chi connectivity index (χ1) is 9.49. The summed E-state index contributed by atoms with van der Waals surface area (Å²) in [7, 11) is 0. The summed E-state index contributed by atoms with van der Waals surface area (Å²) in [5.74, 6) is -1.79. The van der Waals surface area contributed by atoms with E-state index < -0.39 is 23.8 Å². The van der Waals surface area contributed by atoms with E-state index in [1.54, 1.807) is 0 Å². The van der Waals surface area contributed by atoms with Crippen molar-refractivity contribution < 1.29 is 14.4 Å². The van der Waals surface area contributed by atoms with Crippen LogP contribution in [0.5, 0.6) is 0 Å². The van der Waals surface area contributed by atoms with E-state index in [0.29, 0.717) is 18.0 Å².